The lowest BCUT2D eigenvalue weighted by Gasteiger charge is -2.32. The van der Waals surface area contributed by atoms with Crippen molar-refractivity contribution in [3.05, 3.63) is 42.0 Å². The molecule has 2 atom stereocenters. The van der Waals surface area contributed by atoms with Gasteiger partial charge in [-0.3, -0.25) is 4.79 Å². The molecule has 0 saturated heterocycles. The zero-order valence-corrected chi connectivity index (χ0v) is 9.71. The molecule has 0 aromatic heterocycles. The van der Waals surface area contributed by atoms with Crippen LogP contribution in [0.1, 0.15) is 12.5 Å². The maximum absolute atomic E-state index is 11.9. The first kappa shape index (κ1) is 11.8. The third kappa shape index (κ3) is 2.09. The number of aliphatic hydroxyl groups excluding tert-OH is 1. The van der Waals surface area contributed by atoms with E-state index in [0.717, 1.165) is 0 Å². The largest absolute Gasteiger partial charge is 0.497 e. The molecule has 17 heavy (non-hydrogen) atoms. The standard InChI is InChI=1S/C13H14O4/c1-13(11(14)7-8-12(15)17-13)9-3-5-10(16-2)6-4-9/h3-8,12,15H,1-2H3. The van der Waals surface area contributed by atoms with Gasteiger partial charge in [0.2, 0.25) is 0 Å². The number of benzene rings is 1. The molecule has 2 unspecified atom stereocenters. The highest BCUT2D eigenvalue weighted by Gasteiger charge is 2.38. The summed E-state index contributed by atoms with van der Waals surface area (Å²) in [4.78, 5) is 11.9. The van der Waals surface area contributed by atoms with Gasteiger partial charge in [0.25, 0.3) is 0 Å². The average molecular weight is 234 g/mol. The number of ether oxygens (including phenoxy) is 2. The van der Waals surface area contributed by atoms with E-state index in [1.807, 2.05) is 0 Å². The summed E-state index contributed by atoms with van der Waals surface area (Å²) in [6.07, 6.45) is 1.62. The highest BCUT2D eigenvalue weighted by atomic mass is 16.6. The van der Waals surface area contributed by atoms with Crippen LogP contribution in [-0.4, -0.2) is 24.3 Å². The summed E-state index contributed by atoms with van der Waals surface area (Å²) >= 11 is 0. The van der Waals surface area contributed by atoms with Gasteiger partial charge < -0.3 is 14.6 Å². The lowest BCUT2D eigenvalue weighted by atomic mass is 9.89. The average Bonchev–Trinajstić information content (AvgIpc) is 2.34. The van der Waals surface area contributed by atoms with Gasteiger partial charge in [0.05, 0.1) is 7.11 Å². The molecule has 0 bridgehead atoms. The molecule has 0 radical (unpaired) electrons. The normalized spacial score (nSPS) is 28.2. The molecule has 0 aliphatic carbocycles. The van der Waals surface area contributed by atoms with Crippen molar-refractivity contribution < 1.29 is 19.4 Å². The topological polar surface area (TPSA) is 55.8 Å². The highest BCUT2D eigenvalue weighted by molar-refractivity contribution is 5.98. The Morgan fingerprint density at radius 3 is 2.59 bits per heavy atom. The summed E-state index contributed by atoms with van der Waals surface area (Å²) in [6.45, 7) is 1.64. The van der Waals surface area contributed by atoms with Gasteiger partial charge in [-0.25, -0.2) is 0 Å². The Labute approximate surface area is 99.5 Å². The molecule has 4 heteroatoms. The van der Waals surface area contributed by atoms with Crippen LogP contribution in [0.15, 0.2) is 36.4 Å². The van der Waals surface area contributed by atoms with Crippen molar-refractivity contribution in [3.8, 4) is 5.75 Å². The third-order valence-electron chi connectivity index (χ3n) is 2.88. The molecule has 1 aliphatic rings. The SMILES string of the molecule is COc1ccc(C2(C)OC(O)C=CC2=O)cc1. The molecule has 0 fully saturated rings. The summed E-state index contributed by atoms with van der Waals surface area (Å²) in [5, 5.41) is 9.44. The maximum atomic E-state index is 11.9. The fourth-order valence-corrected chi connectivity index (χ4v) is 1.79. The van der Waals surface area contributed by atoms with Gasteiger partial charge in [-0.1, -0.05) is 12.1 Å². The first-order valence-corrected chi connectivity index (χ1v) is 5.29. The number of carbonyl (C=O) groups excluding carboxylic acids is 1. The minimum Gasteiger partial charge on any atom is -0.497 e. The lowest BCUT2D eigenvalue weighted by molar-refractivity contribution is -0.177. The first-order valence-electron chi connectivity index (χ1n) is 5.29. The van der Waals surface area contributed by atoms with Crippen LogP contribution in [0.4, 0.5) is 0 Å². The van der Waals surface area contributed by atoms with Crippen LogP contribution in [0.25, 0.3) is 0 Å². The second kappa shape index (κ2) is 4.31. The van der Waals surface area contributed by atoms with Crippen LogP contribution in [0.3, 0.4) is 0 Å². The smallest absolute Gasteiger partial charge is 0.191 e. The molecule has 1 aromatic carbocycles. The number of rotatable bonds is 2. The Morgan fingerprint density at radius 1 is 1.35 bits per heavy atom. The van der Waals surface area contributed by atoms with Crippen LogP contribution < -0.4 is 4.74 Å². The molecule has 1 aromatic rings. The van der Waals surface area contributed by atoms with Crippen molar-refractivity contribution in [2.45, 2.75) is 18.8 Å². The quantitative estimate of drug-likeness (QED) is 0.840. The van der Waals surface area contributed by atoms with Crippen molar-refractivity contribution in [2.24, 2.45) is 0 Å². The maximum Gasteiger partial charge on any atom is 0.191 e. The molecule has 0 saturated carbocycles. The second-order valence-corrected chi connectivity index (χ2v) is 3.99. The van der Waals surface area contributed by atoms with E-state index in [4.69, 9.17) is 9.47 Å². The van der Waals surface area contributed by atoms with E-state index in [0.29, 0.717) is 11.3 Å². The minimum atomic E-state index is -1.14. The molecule has 90 valence electrons. The van der Waals surface area contributed by atoms with E-state index in [1.165, 1.54) is 12.2 Å². The number of hydrogen-bond donors (Lipinski definition) is 1. The number of hydrogen-bond acceptors (Lipinski definition) is 4. The zero-order valence-electron chi connectivity index (χ0n) is 9.71. The van der Waals surface area contributed by atoms with Crippen molar-refractivity contribution >= 4 is 5.78 Å². The van der Waals surface area contributed by atoms with Crippen LogP contribution in [0.5, 0.6) is 5.75 Å². The van der Waals surface area contributed by atoms with E-state index in [1.54, 1.807) is 38.3 Å². The summed E-state index contributed by atoms with van der Waals surface area (Å²) < 4.78 is 10.4. The van der Waals surface area contributed by atoms with Crippen LogP contribution >= 0.6 is 0 Å². The Kier molecular flexibility index (Phi) is 3.00. The Bertz CT molecular complexity index is 449. The third-order valence-corrected chi connectivity index (χ3v) is 2.88. The minimum absolute atomic E-state index is 0.187. The van der Waals surface area contributed by atoms with Gasteiger partial charge in [-0.2, -0.15) is 0 Å². The van der Waals surface area contributed by atoms with Crippen LogP contribution in [-0.2, 0) is 15.1 Å². The second-order valence-electron chi connectivity index (χ2n) is 3.99. The predicted molar refractivity (Wildman–Crippen MR) is 61.6 cm³/mol. The zero-order chi connectivity index (χ0) is 12.5. The molecule has 1 N–H and O–H groups in total. The van der Waals surface area contributed by atoms with E-state index >= 15 is 0 Å². The monoisotopic (exact) mass is 234 g/mol. The van der Waals surface area contributed by atoms with Crippen LogP contribution in [0.2, 0.25) is 0 Å². The lowest BCUT2D eigenvalue weighted by Crippen LogP contribution is -2.40. The number of methoxy groups -OCH3 is 1. The van der Waals surface area contributed by atoms with Crippen molar-refractivity contribution in [3.63, 3.8) is 0 Å². The van der Waals surface area contributed by atoms with Gasteiger partial charge in [-0.05, 0) is 36.8 Å². The summed E-state index contributed by atoms with van der Waals surface area (Å²) in [5.74, 6) is 0.518. The van der Waals surface area contributed by atoms with E-state index in [2.05, 4.69) is 0 Å². The molecular weight excluding hydrogens is 220 g/mol. The van der Waals surface area contributed by atoms with Crippen molar-refractivity contribution in [2.75, 3.05) is 7.11 Å². The summed E-state index contributed by atoms with van der Waals surface area (Å²) in [5.41, 5.74) is -0.452. The van der Waals surface area contributed by atoms with Gasteiger partial charge in [0.15, 0.2) is 17.7 Å². The molecule has 4 nitrogen and oxygen atoms in total. The van der Waals surface area contributed by atoms with Gasteiger partial charge in [0, 0.05) is 0 Å². The Hall–Kier alpha value is -1.65. The van der Waals surface area contributed by atoms with E-state index in [9.17, 15) is 9.90 Å². The van der Waals surface area contributed by atoms with E-state index < -0.39 is 11.9 Å². The van der Waals surface area contributed by atoms with E-state index in [-0.39, 0.29) is 5.78 Å². The van der Waals surface area contributed by atoms with Gasteiger partial charge in [-0.15, -0.1) is 0 Å². The molecule has 0 amide bonds. The number of ketones is 1. The molecule has 1 heterocycles. The first-order chi connectivity index (χ1) is 8.06. The van der Waals surface area contributed by atoms with Gasteiger partial charge in [0.1, 0.15) is 5.75 Å². The highest BCUT2D eigenvalue weighted by Crippen LogP contribution is 2.32. The molecular formula is C13H14O4. The van der Waals surface area contributed by atoms with Gasteiger partial charge >= 0.3 is 0 Å². The number of carbonyl (C=O) groups is 1. The number of aliphatic hydroxyl groups is 1. The Balaban J connectivity index is 2.36. The Morgan fingerprint density at radius 2 is 2.00 bits per heavy atom. The molecule has 1 aliphatic heterocycles. The van der Waals surface area contributed by atoms with Crippen LogP contribution in [0, 0.1) is 0 Å². The predicted octanol–water partition coefficient (Wildman–Crippen LogP) is 1.38. The fraction of sp³-hybridized carbons (Fsp3) is 0.308. The van der Waals surface area contributed by atoms with Crippen molar-refractivity contribution in [1.82, 2.24) is 0 Å². The molecule has 0 spiro atoms. The summed E-state index contributed by atoms with van der Waals surface area (Å²) in [6, 6.07) is 7.01. The fourth-order valence-electron chi connectivity index (χ4n) is 1.79. The van der Waals surface area contributed by atoms with Crippen molar-refractivity contribution in [1.29, 1.82) is 0 Å². The molecule has 2 rings (SSSR count). The summed E-state index contributed by atoms with van der Waals surface area (Å²) in [7, 11) is 1.57.